The summed E-state index contributed by atoms with van der Waals surface area (Å²) in [6.07, 6.45) is 4.97. The minimum absolute atomic E-state index is 0.00632. The highest BCUT2D eigenvalue weighted by atomic mass is 16.5. The minimum Gasteiger partial charge on any atom is -0.494 e. The summed E-state index contributed by atoms with van der Waals surface area (Å²) in [7, 11) is 0. The van der Waals surface area contributed by atoms with Crippen molar-refractivity contribution in [1.29, 1.82) is 0 Å². The number of ether oxygens (including phenoxy) is 1. The fourth-order valence-corrected chi connectivity index (χ4v) is 3.40. The number of hydrogen-bond acceptors (Lipinski definition) is 3. The Labute approximate surface area is 129 Å². The lowest BCUT2D eigenvalue weighted by Gasteiger charge is -2.47. The van der Waals surface area contributed by atoms with Crippen LogP contribution >= 0.6 is 0 Å². The van der Waals surface area contributed by atoms with Crippen LogP contribution in [-0.2, 0) is 0 Å². The van der Waals surface area contributed by atoms with E-state index in [9.17, 15) is 0 Å². The number of rotatable bonds is 6. The Bertz CT molecular complexity index is 443. The molecule has 0 aromatic heterocycles. The largest absolute Gasteiger partial charge is 0.494 e. The Hall–Kier alpha value is -1.06. The third kappa shape index (κ3) is 3.41. The molecule has 3 nitrogen and oxygen atoms in total. The average molecular weight is 290 g/mol. The van der Waals surface area contributed by atoms with E-state index in [0.29, 0.717) is 6.61 Å². The summed E-state index contributed by atoms with van der Waals surface area (Å²) in [6, 6.07) is 8.21. The molecule has 0 spiro atoms. The van der Waals surface area contributed by atoms with Crippen molar-refractivity contribution in [3.63, 3.8) is 0 Å². The number of piperidine rings is 1. The van der Waals surface area contributed by atoms with Crippen molar-refractivity contribution in [2.45, 2.75) is 58.0 Å². The summed E-state index contributed by atoms with van der Waals surface area (Å²) in [5.41, 5.74) is 7.85. The number of nitrogens with zero attached hydrogens (tertiary/aromatic N) is 1. The molecule has 1 heterocycles. The fourth-order valence-electron chi connectivity index (χ4n) is 3.40. The molecule has 1 saturated heterocycles. The van der Waals surface area contributed by atoms with Crippen LogP contribution in [0.4, 0.5) is 0 Å². The molecule has 1 fully saturated rings. The number of benzene rings is 1. The van der Waals surface area contributed by atoms with Crippen LogP contribution in [0.15, 0.2) is 24.3 Å². The molecule has 1 aromatic carbocycles. The summed E-state index contributed by atoms with van der Waals surface area (Å²) >= 11 is 0. The van der Waals surface area contributed by atoms with E-state index in [1.165, 1.54) is 19.3 Å². The second-order valence-corrected chi connectivity index (χ2v) is 6.21. The fraction of sp³-hybridized carbons (Fsp3) is 0.667. The van der Waals surface area contributed by atoms with Gasteiger partial charge in [0.1, 0.15) is 5.75 Å². The van der Waals surface area contributed by atoms with E-state index in [-0.39, 0.29) is 11.6 Å². The van der Waals surface area contributed by atoms with Crippen molar-refractivity contribution in [2.24, 2.45) is 5.73 Å². The Morgan fingerprint density at radius 2 is 1.86 bits per heavy atom. The van der Waals surface area contributed by atoms with Gasteiger partial charge in [0.15, 0.2) is 0 Å². The van der Waals surface area contributed by atoms with Gasteiger partial charge < -0.3 is 10.5 Å². The predicted molar refractivity (Wildman–Crippen MR) is 88.7 cm³/mol. The lowest BCUT2D eigenvalue weighted by atomic mass is 9.82. The van der Waals surface area contributed by atoms with Crippen LogP contribution < -0.4 is 10.5 Å². The van der Waals surface area contributed by atoms with Gasteiger partial charge in [0.2, 0.25) is 0 Å². The van der Waals surface area contributed by atoms with Crippen molar-refractivity contribution in [1.82, 2.24) is 4.90 Å². The lowest BCUT2D eigenvalue weighted by molar-refractivity contribution is 0.0534. The Morgan fingerprint density at radius 1 is 1.19 bits per heavy atom. The first kappa shape index (κ1) is 16.3. The first-order valence-corrected chi connectivity index (χ1v) is 8.35. The van der Waals surface area contributed by atoms with Crippen molar-refractivity contribution < 1.29 is 4.74 Å². The van der Waals surface area contributed by atoms with E-state index in [1.807, 2.05) is 19.1 Å². The molecule has 2 N–H and O–H groups in total. The quantitative estimate of drug-likeness (QED) is 0.867. The lowest BCUT2D eigenvalue weighted by Crippen LogP contribution is -2.54. The highest BCUT2D eigenvalue weighted by Gasteiger charge is 2.38. The summed E-state index contributed by atoms with van der Waals surface area (Å²) in [5.74, 6) is 0.934. The van der Waals surface area contributed by atoms with Crippen LogP contribution in [0, 0.1) is 0 Å². The standard InChI is InChI=1S/C18H30N2O/c1-4-18(3,20-13-9-6-10-14-20)17(19)15-11-7-8-12-16(15)21-5-2/h7-8,11-12,17H,4-6,9-10,13-14,19H2,1-3H3. The zero-order valence-electron chi connectivity index (χ0n) is 13.8. The monoisotopic (exact) mass is 290 g/mol. The van der Waals surface area contributed by atoms with Crippen LogP contribution in [0.3, 0.4) is 0 Å². The zero-order valence-corrected chi connectivity index (χ0v) is 13.8. The van der Waals surface area contributed by atoms with Crippen molar-refractivity contribution in [3.8, 4) is 5.75 Å². The Morgan fingerprint density at radius 3 is 2.48 bits per heavy atom. The maximum Gasteiger partial charge on any atom is 0.124 e. The molecule has 0 radical (unpaired) electrons. The van der Waals surface area contributed by atoms with Gasteiger partial charge in [-0.2, -0.15) is 0 Å². The molecule has 0 amide bonds. The highest BCUT2D eigenvalue weighted by molar-refractivity contribution is 5.37. The first-order chi connectivity index (χ1) is 10.1. The van der Waals surface area contributed by atoms with Crippen LogP contribution in [0.5, 0.6) is 5.75 Å². The van der Waals surface area contributed by atoms with E-state index in [4.69, 9.17) is 10.5 Å². The van der Waals surface area contributed by atoms with E-state index in [1.54, 1.807) is 0 Å². The van der Waals surface area contributed by atoms with E-state index in [0.717, 1.165) is 30.8 Å². The normalized spacial score (nSPS) is 20.8. The van der Waals surface area contributed by atoms with Gasteiger partial charge in [-0.15, -0.1) is 0 Å². The number of likely N-dealkylation sites (tertiary alicyclic amines) is 1. The van der Waals surface area contributed by atoms with Gasteiger partial charge in [-0.05, 0) is 52.3 Å². The molecule has 1 aliphatic rings. The molecular formula is C18H30N2O. The number of para-hydroxylation sites is 1. The molecule has 0 bridgehead atoms. The average Bonchev–Trinajstić information content (AvgIpc) is 2.55. The van der Waals surface area contributed by atoms with Gasteiger partial charge in [-0.1, -0.05) is 31.5 Å². The predicted octanol–water partition coefficient (Wildman–Crippen LogP) is 3.74. The van der Waals surface area contributed by atoms with Crippen LogP contribution in [0.25, 0.3) is 0 Å². The molecular weight excluding hydrogens is 260 g/mol. The summed E-state index contributed by atoms with van der Waals surface area (Å²) in [6.45, 7) is 9.58. The van der Waals surface area contributed by atoms with E-state index >= 15 is 0 Å². The summed E-state index contributed by atoms with van der Waals surface area (Å²) < 4.78 is 5.79. The van der Waals surface area contributed by atoms with Crippen molar-refractivity contribution >= 4 is 0 Å². The molecule has 1 aromatic rings. The smallest absolute Gasteiger partial charge is 0.124 e. The molecule has 0 aliphatic carbocycles. The van der Waals surface area contributed by atoms with Crippen molar-refractivity contribution in [3.05, 3.63) is 29.8 Å². The zero-order chi connectivity index (χ0) is 15.3. The Balaban J connectivity index is 2.28. The van der Waals surface area contributed by atoms with Gasteiger partial charge in [0, 0.05) is 11.1 Å². The molecule has 2 atom stereocenters. The Kier molecular flexibility index (Phi) is 5.65. The number of nitrogens with two attached hydrogens (primary N) is 1. The molecule has 0 saturated carbocycles. The molecule has 2 unspecified atom stereocenters. The molecule has 1 aliphatic heterocycles. The SMILES string of the molecule is CCOc1ccccc1C(N)C(C)(CC)N1CCCCC1. The second-order valence-electron chi connectivity index (χ2n) is 6.21. The van der Waals surface area contributed by atoms with Crippen LogP contribution in [-0.4, -0.2) is 30.1 Å². The summed E-state index contributed by atoms with van der Waals surface area (Å²) in [4.78, 5) is 2.59. The molecule has 3 heteroatoms. The van der Waals surface area contributed by atoms with E-state index in [2.05, 4.69) is 30.9 Å². The van der Waals surface area contributed by atoms with Gasteiger partial charge in [0.05, 0.1) is 12.6 Å². The highest BCUT2D eigenvalue weighted by Crippen LogP contribution is 2.37. The third-order valence-corrected chi connectivity index (χ3v) is 5.02. The van der Waals surface area contributed by atoms with Gasteiger partial charge in [-0.3, -0.25) is 4.90 Å². The van der Waals surface area contributed by atoms with Gasteiger partial charge in [0.25, 0.3) is 0 Å². The van der Waals surface area contributed by atoms with Gasteiger partial charge >= 0.3 is 0 Å². The maximum atomic E-state index is 6.72. The summed E-state index contributed by atoms with van der Waals surface area (Å²) in [5, 5.41) is 0. The topological polar surface area (TPSA) is 38.5 Å². The van der Waals surface area contributed by atoms with Gasteiger partial charge in [-0.25, -0.2) is 0 Å². The number of hydrogen-bond donors (Lipinski definition) is 1. The molecule has 2 rings (SSSR count). The third-order valence-electron chi connectivity index (χ3n) is 5.02. The van der Waals surface area contributed by atoms with Crippen LogP contribution in [0.2, 0.25) is 0 Å². The molecule has 21 heavy (non-hydrogen) atoms. The minimum atomic E-state index is -0.0247. The van der Waals surface area contributed by atoms with Crippen molar-refractivity contribution in [2.75, 3.05) is 19.7 Å². The second kappa shape index (κ2) is 7.28. The maximum absolute atomic E-state index is 6.72. The van der Waals surface area contributed by atoms with E-state index < -0.39 is 0 Å². The molecule has 118 valence electrons. The first-order valence-electron chi connectivity index (χ1n) is 8.35. The van der Waals surface area contributed by atoms with Crippen LogP contribution in [0.1, 0.15) is 58.1 Å².